The Labute approximate surface area is 121 Å². The normalized spacial score (nSPS) is 10.6. The van der Waals surface area contributed by atoms with Gasteiger partial charge in [0.05, 0.1) is 11.4 Å². The number of thiazole rings is 1. The number of rotatable bonds is 4. The SMILES string of the molecule is CCN(C)c1nc(N)c(C(=O)Nc2cn(C)nc2C)s1. The maximum atomic E-state index is 12.2. The number of nitrogens with zero attached hydrogens (tertiary/aromatic N) is 4. The highest BCUT2D eigenvalue weighted by atomic mass is 32.1. The Morgan fingerprint density at radius 3 is 2.85 bits per heavy atom. The van der Waals surface area contributed by atoms with Crippen LogP contribution in [0.2, 0.25) is 0 Å². The quantitative estimate of drug-likeness (QED) is 0.891. The first-order valence-corrected chi connectivity index (χ1v) is 7.03. The van der Waals surface area contributed by atoms with E-state index in [-0.39, 0.29) is 11.7 Å². The number of nitrogens with two attached hydrogens (primary N) is 1. The Balaban J connectivity index is 2.21. The zero-order valence-corrected chi connectivity index (χ0v) is 12.8. The maximum absolute atomic E-state index is 12.2. The monoisotopic (exact) mass is 294 g/mol. The van der Waals surface area contributed by atoms with Gasteiger partial charge in [-0.05, 0) is 13.8 Å². The Morgan fingerprint density at radius 1 is 1.60 bits per heavy atom. The van der Waals surface area contributed by atoms with Crippen LogP contribution in [0.5, 0.6) is 0 Å². The van der Waals surface area contributed by atoms with Gasteiger partial charge in [-0.25, -0.2) is 4.98 Å². The van der Waals surface area contributed by atoms with Gasteiger partial charge in [-0.1, -0.05) is 11.3 Å². The Morgan fingerprint density at radius 2 is 2.30 bits per heavy atom. The highest BCUT2D eigenvalue weighted by Crippen LogP contribution is 2.28. The lowest BCUT2D eigenvalue weighted by Gasteiger charge is -2.10. The summed E-state index contributed by atoms with van der Waals surface area (Å²) in [5, 5.41) is 7.72. The number of nitrogens with one attached hydrogen (secondary N) is 1. The Kier molecular flexibility index (Phi) is 3.93. The van der Waals surface area contributed by atoms with Gasteiger partial charge in [0.25, 0.3) is 5.91 Å². The number of amides is 1. The predicted octanol–water partition coefficient (Wildman–Crippen LogP) is 1.48. The molecule has 0 aliphatic carbocycles. The van der Waals surface area contributed by atoms with E-state index in [0.717, 1.165) is 17.4 Å². The second-order valence-electron chi connectivity index (χ2n) is 4.48. The van der Waals surface area contributed by atoms with Crippen molar-refractivity contribution in [1.29, 1.82) is 0 Å². The lowest BCUT2D eigenvalue weighted by atomic mass is 10.4. The van der Waals surface area contributed by atoms with Crippen molar-refractivity contribution >= 4 is 33.9 Å². The van der Waals surface area contributed by atoms with E-state index in [0.29, 0.717) is 10.6 Å². The van der Waals surface area contributed by atoms with Crippen LogP contribution in [0.15, 0.2) is 6.20 Å². The fourth-order valence-corrected chi connectivity index (χ4v) is 2.59. The molecule has 0 spiro atoms. The van der Waals surface area contributed by atoms with E-state index in [1.165, 1.54) is 11.3 Å². The maximum Gasteiger partial charge on any atom is 0.269 e. The summed E-state index contributed by atoms with van der Waals surface area (Å²) in [6.45, 7) is 4.65. The third kappa shape index (κ3) is 2.74. The van der Waals surface area contributed by atoms with Crippen molar-refractivity contribution in [3.8, 4) is 0 Å². The van der Waals surface area contributed by atoms with Crippen LogP contribution < -0.4 is 16.0 Å². The van der Waals surface area contributed by atoms with E-state index in [1.54, 1.807) is 17.9 Å². The molecule has 3 N–H and O–H groups in total. The molecule has 0 atom stereocenters. The first kappa shape index (κ1) is 14.3. The van der Waals surface area contributed by atoms with Gasteiger partial charge in [0, 0.05) is 26.8 Å². The smallest absolute Gasteiger partial charge is 0.269 e. The second-order valence-corrected chi connectivity index (χ2v) is 5.46. The molecule has 1 amide bonds. The van der Waals surface area contributed by atoms with Gasteiger partial charge in [0.2, 0.25) is 0 Å². The molecule has 0 fully saturated rings. The van der Waals surface area contributed by atoms with Gasteiger partial charge in [0.1, 0.15) is 10.7 Å². The molecule has 2 rings (SSSR count). The van der Waals surface area contributed by atoms with Crippen LogP contribution in [-0.4, -0.2) is 34.3 Å². The lowest BCUT2D eigenvalue weighted by Crippen LogP contribution is -2.15. The van der Waals surface area contributed by atoms with Crippen molar-refractivity contribution in [2.75, 3.05) is 29.5 Å². The summed E-state index contributed by atoms with van der Waals surface area (Å²) in [5.41, 5.74) is 7.26. The molecule has 0 saturated carbocycles. The molecule has 0 aliphatic heterocycles. The van der Waals surface area contributed by atoms with Gasteiger partial charge in [0.15, 0.2) is 5.13 Å². The van der Waals surface area contributed by atoms with Gasteiger partial charge < -0.3 is 16.0 Å². The third-order valence-electron chi connectivity index (χ3n) is 2.91. The topological polar surface area (TPSA) is 89.1 Å². The second kappa shape index (κ2) is 5.49. The number of anilines is 3. The van der Waals surface area contributed by atoms with Crippen LogP contribution in [0, 0.1) is 6.92 Å². The molecule has 7 nitrogen and oxygen atoms in total. The van der Waals surface area contributed by atoms with Crippen molar-refractivity contribution in [3.63, 3.8) is 0 Å². The van der Waals surface area contributed by atoms with Gasteiger partial charge in [-0.3, -0.25) is 9.48 Å². The van der Waals surface area contributed by atoms with E-state index < -0.39 is 0 Å². The molecule has 0 aromatic carbocycles. The minimum Gasteiger partial charge on any atom is -0.382 e. The van der Waals surface area contributed by atoms with Gasteiger partial charge in [-0.15, -0.1) is 0 Å². The largest absolute Gasteiger partial charge is 0.382 e. The van der Waals surface area contributed by atoms with Crippen molar-refractivity contribution in [1.82, 2.24) is 14.8 Å². The molecule has 108 valence electrons. The summed E-state index contributed by atoms with van der Waals surface area (Å²) >= 11 is 1.28. The number of aryl methyl sites for hydroxylation is 2. The highest BCUT2D eigenvalue weighted by molar-refractivity contribution is 7.18. The number of carbonyl (C=O) groups is 1. The Bertz CT molecular complexity index is 632. The average Bonchev–Trinajstić information content (AvgIpc) is 2.92. The van der Waals surface area contributed by atoms with Crippen LogP contribution in [-0.2, 0) is 7.05 Å². The summed E-state index contributed by atoms with van der Waals surface area (Å²) in [7, 11) is 3.71. The average molecular weight is 294 g/mol. The van der Waals surface area contributed by atoms with E-state index in [1.807, 2.05) is 25.8 Å². The number of hydrogen-bond donors (Lipinski definition) is 2. The number of carbonyl (C=O) groups excluding carboxylic acids is 1. The van der Waals surface area contributed by atoms with Crippen molar-refractivity contribution in [2.45, 2.75) is 13.8 Å². The van der Waals surface area contributed by atoms with Crippen LogP contribution in [0.25, 0.3) is 0 Å². The molecule has 0 bridgehead atoms. The van der Waals surface area contributed by atoms with Crippen molar-refractivity contribution < 1.29 is 4.79 Å². The third-order valence-corrected chi connectivity index (χ3v) is 4.10. The van der Waals surface area contributed by atoms with Crippen LogP contribution in [0.1, 0.15) is 22.3 Å². The fraction of sp³-hybridized carbons (Fsp3) is 0.417. The number of hydrogen-bond acceptors (Lipinski definition) is 6. The highest BCUT2D eigenvalue weighted by Gasteiger charge is 2.19. The van der Waals surface area contributed by atoms with Crippen LogP contribution in [0.3, 0.4) is 0 Å². The summed E-state index contributed by atoms with van der Waals surface area (Å²) in [5.74, 6) is -0.00352. The zero-order valence-electron chi connectivity index (χ0n) is 12.0. The first-order valence-electron chi connectivity index (χ1n) is 6.21. The van der Waals surface area contributed by atoms with E-state index in [9.17, 15) is 4.79 Å². The summed E-state index contributed by atoms with van der Waals surface area (Å²) in [6.07, 6.45) is 1.75. The minimum absolute atomic E-state index is 0.254. The molecule has 8 heteroatoms. The van der Waals surface area contributed by atoms with Crippen molar-refractivity contribution in [2.24, 2.45) is 7.05 Å². The van der Waals surface area contributed by atoms with Crippen molar-refractivity contribution in [3.05, 3.63) is 16.8 Å². The van der Waals surface area contributed by atoms with Gasteiger partial charge in [-0.2, -0.15) is 5.10 Å². The molecule has 2 aromatic heterocycles. The summed E-state index contributed by atoms with van der Waals surface area (Å²) < 4.78 is 1.65. The Hall–Kier alpha value is -2.09. The van der Waals surface area contributed by atoms with E-state index in [2.05, 4.69) is 15.4 Å². The van der Waals surface area contributed by atoms with Gasteiger partial charge >= 0.3 is 0 Å². The van der Waals surface area contributed by atoms with Crippen LogP contribution >= 0.6 is 11.3 Å². The van der Waals surface area contributed by atoms with Crippen LogP contribution in [0.4, 0.5) is 16.6 Å². The van der Waals surface area contributed by atoms with E-state index in [4.69, 9.17) is 5.73 Å². The predicted molar refractivity (Wildman–Crippen MR) is 81.4 cm³/mol. The molecular weight excluding hydrogens is 276 g/mol. The summed E-state index contributed by atoms with van der Waals surface area (Å²) in [6, 6.07) is 0. The molecule has 0 unspecified atom stereocenters. The number of aromatic nitrogens is 3. The summed E-state index contributed by atoms with van der Waals surface area (Å²) in [4.78, 5) is 18.8. The molecule has 0 radical (unpaired) electrons. The molecule has 0 aliphatic rings. The molecular formula is C12H18N6OS. The molecule has 0 saturated heterocycles. The number of nitrogen functional groups attached to an aromatic ring is 1. The van der Waals surface area contributed by atoms with E-state index >= 15 is 0 Å². The minimum atomic E-state index is -0.258. The standard InChI is InChI=1S/C12H18N6OS/c1-5-17(3)12-15-10(13)9(20-12)11(19)14-8-6-18(4)16-7(8)2/h6H,5,13H2,1-4H3,(H,14,19). The first-order chi connectivity index (χ1) is 9.42. The lowest BCUT2D eigenvalue weighted by molar-refractivity contribution is 0.103. The fourth-order valence-electron chi connectivity index (χ4n) is 1.68. The molecule has 2 aromatic rings. The zero-order chi connectivity index (χ0) is 14.9. The molecule has 20 heavy (non-hydrogen) atoms. The molecule has 2 heterocycles.